The van der Waals surface area contributed by atoms with Crippen molar-refractivity contribution in [3.05, 3.63) is 58.1 Å². The average Bonchev–Trinajstić information content (AvgIpc) is 2.49. The summed E-state index contributed by atoms with van der Waals surface area (Å²) in [5.41, 5.74) is 4.33. The van der Waals surface area contributed by atoms with Gasteiger partial charge < -0.3 is 0 Å². The van der Waals surface area contributed by atoms with Crippen molar-refractivity contribution in [2.24, 2.45) is 0 Å². The van der Waals surface area contributed by atoms with Crippen molar-refractivity contribution < 1.29 is 0 Å². The molecule has 0 saturated carbocycles. The molecule has 0 bridgehead atoms. The third kappa shape index (κ3) is 3.95. The van der Waals surface area contributed by atoms with E-state index < -0.39 is 0 Å². The molecule has 20 heavy (non-hydrogen) atoms. The highest BCUT2D eigenvalue weighted by Gasteiger charge is 2.09. The van der Waals surface area contributed by atoms with Crippen LogP contribution in [0.3, 0.4) is 0 Å². The van der Waals surface area contributed by atoms with Crippen LogP contribution in [0, 0.1) is 11.3 Å². The summed E-state index contributed by atoms with van der Waals surface area (Å²) in [4.78, 5) is 0. The topological polar surface area (TPSA) is 23.8 Å². The second kappa shape index (κ2) is 7.87. The Hall–Kier alpha value is -1.59. The Balaban J connectivity index is 0.000000956. The Morgan fingerprint density at radius 1 is 1.00 bits per heavy atom. The van der Waals surface area contributed by atoms with Crippen molar-refractivity contribution in [3.8, 4) is 17.2 Å². The lowest BCUT2D eigenvalue weighted by Gasteiger charge is -2.13. The number of hydrogen-bond acceptors (Lipinski definition) is 1. The normalized spacial score (nSPS) is 9.65. The summed E-state index contributed by atoms with van der Waals surface area (Å²) in [6.45, 7) is 8.30. The fraction of sp³-hybridized carbons (Fsp3) is 0.278. The maximum atomic E-state index is 8.99. The minimum Gasteiger partial charge on any atom is -0.192 e. The molecule has 0 aromatic heterocycles. The number of benzene rings is 2. The zero-order chi connectivity index (χ0) is 15.1. The maximum absolute atomic E-state index is 8.99. The van der Waals surface area contributed by atoms with Crippen LogP contribution in [0.1, 0.15) is 44.7 Å². The molecular weight excluding hydrogens is 310 g/mol. The highest BCUT2D eigenvalue weighted by molar-refractivity contribution is 9.10. The standard InChI is InChI=1S/C16H14BrN.C2H6/c1-11(2)16-9-12(10-18)3-8-15(16)13-4-6-14(17)7-5-13;1-2/h3-9,11H,1-2H3;1-2H3. The molecule has 104 valence electrons. The summed E-state index contributed by atoms with van der Waals surface area (Å²) in [7, 11) is 0. The first kappa shape index (κ1) is 16.5. The van der Waals surface area contributed by atoms with Crippen molar-refractivity contribution in [1.29, 1.82) is 5.26 Å². The fourth-order valence-electron chi connectivity index (χ4n) is 2.00. The van der Waals surface area contributed by atoms with Crippen LogP contribution in [0.4, 0.5) is 0 Å². The second-order valence-corrected chi connectivity index (χ2v) is 5.49. The summed E-state index contributed by atoms with van der Waals surface area (Å²) in [5.74, 6) is 0.400. The molecule has 0 amide bonds. The Morgan fingerprint density at radius 2 is 1.60 bits per heavy atom. The lowest BCUT2D eigenvalue weighted by atomic mass is 9.91. The predicted octanol–water partition coefficient (Wildman–Crippen LogP) is 6.14. The maximum Gasteiger partial charge on any atom is 0.0991 e. The summed E-state index contributed by atoms with van der Waals surface area (Å²) >= 11 is 3.45. The third-order valence-electron chi connectivity index (χ3n) is 2.96. The quantitative estimate of drug-likeness (QED) is 0.649. The van der Waals surface area contributed by atoms with Gasteiger partial charge in [0.25, 0.3) is 0 Å². The number of halogens is 1. The van der Waals surface area contributed by atoms with Gasteiger partial charge in [-0.3, -0.25) is 0 Å². The molecule has 2 rings (SSSR count). The van der Waals surface area contributed by atoms with E-state index in [1.807, 2.05) is 44.2 Å². The number of rotatable bonds is 2. The van der Waals surface area contributed by atoms with E-state index in [-0.39, 0.29) is 0 Å². The van der Waals surface area contributed by atoms with E-state index in [2.05, 4.69) is 48.0 Å². The van der Waals surface area contributed by atoms with Crippen molar-refractivity contribution in [2.75, 3.05) is 0 Å². The van der Waals surface area contributed by atoms with Crippen LogP contribution in [-0.4, -0.2) is 0 Å². The first-order valence-corrected chi connectivity index (χ1v) is 7.71. The smallest absolute Gasteiger partial charge is 0.0991 e. The van der Waals surface area contributed by atoms with Gasteiger partial charge in [0.05, 0.1) is 11.6 Å². The number of nitriles is 1. The minimum absolute atomic E-state index is 0.400. The van der Waals surface area contributed by atoms with Crippen LogP contribution >= 0.6 is 15.9 Å². The third-order valence-corrected chi connectivity index (χ3v) is 3.49. The molecule has 0 heterocycles. The van der Waals surface area contributed by atoms with Gasteiger partial charge in [0.15, 0.2) is 0 Å². The monoisotopic (exact) mass is 329 g/mol. The van der Waals surface area contributed by atoms with Gasteiger partial charge in [-0.2, -0.15) is 5.26 Å². The molecule has 0 saturated heterocycles. The van der Waals surface area contributed by atoms with E-state index in [4.69, 9.17) is 5.26 Å². The van der Waals surface area contributed by atoms with Gasteiger partial charge in [-0.15, -0.1) is 0 Å². The van der Waals surface area contributed by atoms with Crippen molar-refractivity contribution >= 4 is 15.9 Å². The van der Waals surface area contributed by atoms with Crippen LogP contribution in [0.2, 0.25) is 0 Å². The minimum atomic E-state index is 0.400. The summed E-state index contributed by atoms with van der Waals surface area (Å²) in [6.07, 6.45) is 0. The van der Waals surface area contributed by atoms with Gasteiger partial charge in [0, 0.05) is 4.47 Å². The highest BCUT2D eigenvalue weighted by atomic mass is 79.9. The molecule has 2 aromatic rings. The first-order chi connectivity index (χ1) is 9.61. The molecule has 0 aliphatic rings. The Bertz CT molecular complexity index is 592. The summed E-state index contributed by atoms with van der Waals surface area (Å²) < 4.78 is 1.07. The Morgan fingerprint density at radius 3 is 2.10 bits per heavy atom. The van der Waals surface area contributed by atoms with Crippen molar-refractivity contribution in [1.82, 2.24) is 0 Å². The summed E-state index contributed by atoms with van der Waals surface area (Å²) in [6, 6.07) is 16.4. The first-order valence-electron chi connectivity index (χ1n) is 6.92. The fourth-order valence-corrected chi connectivity index (χ4v) is 2.27. The lowest BCUT2D eigenvalue weighted by molar-refractivity contribution is 0.868. The van der Waals surface area contributed by atoms with E-state index in [0.717, 1.165) is 10.0 Å². The lowest BCUT2D eigenvalue weighted by Crippen LogP contribution is -1.93. The summed E-state index contributed by atoms with van der Waals surface area (Å²) in [5, 5.41) is 8.99. The Kier molecular flexibility index (Phi) is 6.48. The average molecular weight is 330 g/mol. The largest absolute Gasteiger partial charge is 0.192 e. The van der Waals surface area contributed by atoms with Crippen molar-refractivity contribution in [3.63, 3.8) is 0 Å². The van der Waals surface area contributed by atoms with Gasteiger partial charge >= 0.3 is 0 Å². The van der Waals surface area contributed by atoms with Gasteiger partial charge in [-0.05, 0) is 46.9 Å². The van der Waals surface area contributed by atoms with Crippen LogP contribution in [-0.2, 0) is 0 Å². The molecule has 0 N–H and O–H groups in total. The van der Waals surface area contributed by atoms with E-state index in [1.165, 1.54) is 16.7 Å². The van der Waals surface area contributed by atoms with Gasteiger partial charge in [-0.25, -0.2) is 0 Å². The van der Waals surface area contributed by atoms with E-state index >= 15 is 0 Å². The van der Waals surface area contributed by atoms with Crippen LogP contribution in [0.25, 0.3) is 11.1 Å². The molecule has 0 radical (unpaired) electrons. The van der Waals surface area contributed by atoms with Crippen LogP contribution in [0.5, 0.6) is 0 Å². The molecular formula is C18H20BrN. The number of hydrogen-bond donors (Lipinski definition) is 0. The molecule has 2 aromatic carbocycles. The van der Waals surface area contributed by atoms with Gasteiger partial charge in [0.2, 0.25) is 0 Å². The molecule has 0 unspecified atom stereocenters. The molecule has 0 aliphatic heterocycles. The molecule has 0 fully saturated rings. The molecule has 0 spiro atoms. The molecule has 1 nitrogen and oxygen atoms in total. The Labute approximate surface area is 130 Å². The van der Waals surface area contributed by atoms with Gasteiger partial charge in [0.1, 0.15) is 0 Å². The van der Waals surface area contributed by atoms with E-state index in [1.54, 1.807) is 0 Å². The predicted molar refractivity (Wildman–Crippen MR) is 89.7 cm³/mol. The zero-order valence-electron chi connectivity index (χ0n) is 12.4. The molecule has 0 atom stereocenters. The molecule has 2 heteroatoms. The highest BCUT2D eigenvalue weighted by Crippen LogP contribution is 2.30. The second-order valence-electron chi connectivity index (χ2n) is 4.58. The zero-order valence-corrected chi connectivity index (χ0v) is 14.0. The van der Waals surface area contributed by atoms with Crippen LogP contribution in [0.15, 0.2) is 46.9 Å². The number of nitrogens with zero attached hydrogens (tertiary/aromatic N) is 1. The van der Waals surface area contributed by atoms with Crippen molar-refractivity contribution in [2.45, 2.75) is 33.6 Å². The SMILES string of the molecule is CC.CC(C)c1cc(C#N)ccc1-c1ccc(Br)cc1. The van der Waals surface area contributed by atoms with Crippen LogP contribution < -0.4 is 0 Å². The van der Waals surface area contributed by atoms with E-state index in [0.29, 0.717) is 5.92 Å². The molecule has 0 aliphatic carbocycles. The van der Waals surface area contributed by atoms with Gasteiger partial charge in [-0.1, -0.05) is 61.8 Å². The van der Waals surface area contributed by atoms with E-state index in [9.17, 15) is 0 Å².